The van der Waals surface area contributed by atoms with Gasteiger partial charge in [-0.3, -0.25) is 0 Å². The summed E-state index contributed by atoms with van der Waals surface area (Å²) in [7, 11) is -2.89. The summed E-state index contributed by atoms with van der Waals surface area (Å²) >= 11 is 0. The van der Waals surface area contributed by atoms with Crippen LogP contribution in [0.3, 0.4) is 0 Å². The van der Waals surface area contributed by atoms with E-state index in [-0.39, 0.29) is 24.2 Å². The number of rotatable bonds is 7. The molecule has 3 heterocycles. The van der Waals surface area contributed by atoms with Crippen LogP contribution in [0.15, 0.2) is 247 Å². The second-order valence-electron chi connectivity index (χ2n) is 16.5. The van der Waals surface area contributed by atoms with Crippen molar-refractivity contribution in [1.29, 1.82) is 0 Å². The number of hydrogen-bond acceptors (Lipinski definition) is 1. The van der Waals surface area contributed by atoms with Crippen LogP contribution >= 0.6 is 0 Å². The Bertz CT molecular complexity index is 4070. The van der Waals surface area contributed by atoms with E-state index in [1.807, 2.05) is 47.0 Å². The van der Waals surface area contributed by atoms with Crippen molar-refractivity contribution in [3.8, 4) is 22.5 Å². The zero-order valence-corrected chi connectivity index (χ0v) is 35.6. The first-order chi connectivity index (χ1) is 33.4. The molecule has 0 aliphatic rings. The fourth-order valence-electron chi connectivity index (χ4n) is 10.5. The van der Waals surface area contributed by atoms with Gasteiger partial charge in [-0.1, -0.05) is 200 Å². The molecular weight excluding hydrogens is 793 g/mol. The van der Waals surface area contributed by atoms with Gasteiger partial charge in [-0.25, -0.2) is 0 Å². The van der Waals surface area contributed by atoms with Gasteiger partial charge in [0, 0.05) is 32.6 Å². The second-order valence-corrected chi connectivity index (χ2v) is 20.3. The van der Waals surface area contributed by atoms with E-state index in [0.717, 1.165) is 54.8 Å². The molecule has 4 heteroatoms. The van der Waals surface area contributed by atoms with Crippen LogP contribution in [0, 0.1) is 0 Å². The molecular formula is C60H40N2OSi. The number of benzene rings is 10. The summed E-state index contributed by atoms with van der Waals surface area (Å²) in [5, 5.41) is 10.3. The van der Waals surface area contributed by atoms with Crippen molar-refractivity contribution in [2.45, 2.75) is 0 Å². The molecule has 0 bridgehead atoms. The SMILES string of the molecule is [2H]c1c([2H])c([2H])c2c(c1[2H])c1ccccc1n2-c1cc2c3ccccc3n(-c3ccc([Si](c4ccccc4)(c4ccccc4)c4ccc(-c5ccccc5)cc4)cc3)c2c2c1oc1ccccc12. The van der Waals surface area contributed by atoms with Gasteiger partial charge in [0.25, 0.3) is 0 Å². The Balaban J connectivity index is 1.09. The topological polar surface area (TPSA) is 23.0 Å². The molecule has 0 aliphatic carbocycles. The van der Waals surface area contributed by atoms with Crippen LogP contribution in [0.2, 0.25) is 0 Å². The van der Waals surface area contributed by atoms with Gasteiger partial charge in [-0.15, -0.1) is 0 Å². The summed E-state index contributed by atoms with van der Waals surface area (Å²) in [5.74, 6) is 0. The molecule has 0 unspecified atom stereocenters. The molecule has 0 N–H and O–H groups in total. The number of furan rings is 1. The molecule has 0 radical (unpaired) electrons. The lowest BCUT2D eigenvalue weighted by atomic mass is 10.1. The predicted molar refractivity (Wildman–Crippen MR) is 271 cm³/mol. The Morgan fingerprint density at radius 2 is 0.891 bits per heavy atom. The maximum atomic E-state index is 9.30. The molecule has 3 nitrogen and oxygen atoms in total. The van der Waals surface area contributed by atoms with Gasteiger partial charge in [0.15, 0.2) is 13.7 Å². The van der Waals surface area contributed by atoms with Gasteiger partial charge in [0.2, 0.25) is 0 Å². The first-order valence-corrected chi connectivity index (χ1v) is 23.7. The van der Waals surface area contributed by atoms with Crippen molar-refractivity contribution in [2.24, 2.45) is 0 Å². The molecule has 0 saturated carbocycles. The van der Waals surface area contributed by atoms with Gasteiger partial charge in [-0.2, -0.15) is 0 Å². The first-order valence-electron chi connectivity index (χ1n) is 23.7. The highest BCUT2D eigenvalue weighted by molar-refractivity contribution is 7.19. The first kappa shape index (κ1) is 32.5. The van der Waals surface area contributed by atoms with Crippen molar-refractivity contribution in [2.75, 3.05) is 0 Å². The Kier molecular flexibility index (Phi) is 7.34. The summed E-state index contributed by atoms with van der Waals surface area (Å²) in [6.07, 6.45) is 0. The third-order valence-electron chi connectivity index (χ3n) is 13.2. The Hall–Kier alpha value is -8.18. The average molecular weight is 837 g/mol. The predicted octanol–water partition coefficient (Wildman–Crippen LogP) is 12.8. The van der Waals surface area contributed by atoms with E-state index in [1.54, 1.807) is 0 Å². The van der Waals surface area contributed by atoms with Crippen molar-refractivity contribution >= 4 is 94.4 Å². The summed E-state index contributed by atoms with van der Waals surface area (Å²) in [6.45, 7) is 0. The number of hydrogen-bond donors (Lipinski definition) is 0. The molecule has 10 aromatic carbocycles. The summed E-state index contributed by atoms with van der Waals surface area (Å²) in [6, 6.07) is 77.0. The molecule has 0 atom stereocenters. The number of para-hydroxylation sites is 4. The zero-order valence-electron chi connectivity index (χ0n) is 38.6. The fourth-order valence-corrected chi connectivity index (χ4v) is 15.2. The minimum atomic E-state index is -2.89. The monoisotopic (exact) mass is 836 g/mol. The summed E-state index contributed by atoms with van der Waals surface area (Å²) in [4.78, 5) is 0. The van der Waals surface area contributed by atoms with E-state index in [1.165, 1.54) is 31.9 Å². The number of fused-ring (bicyclic) bond motifs is 10. The molecule has 64 heavy (non-hydrogen) atoms. The van der Waals surface area contributed by atoms with Gasteiger partial charge >= 0.3 is 0 Å². The van der Waals surface area contributed by atoms with Gasteiger partial charge in [0.1, 0.15) is 5.58 Å². The van der Waals surface area contributed by atoms with Crippen LogP contribution in [0.4, 0.5) is 0 Å². The van der Waals surface area contributed by atoms with Gasteiger partial charge in [0.05, 0.1) is 38.6 Å². The minimum Gasteiger partial charge on any atom is -0.454 e. The smallest absolute Gasteiger partial charge is 0.179 e. The molecule has 300 valence electrons. The van der Waals surface area contributed by atoms with Gasteiger partial charge in [-0.05, 0) is 74.3 Å². The van der Waals surface area contributed by atoms with Crippen LogP contribution in [-0.4, -0.2) is 17.2 Å². The standard InChI is InChI=1S/C60H40N2OSi/c1-4-18-41(19-5-1)42-32-36-46(37-33-42)64(44-20-6-2-7-21-44,45-22-8-3-9-23-45)47-38-34-43(35-39-47)61-53-28-14-12-26-50(53)52-40-56(60-58(59(52)61)51-27-13-17-31-57(51)63-60)62-54-29-15-10-24-48(54)49-25-11-16-30-55(49)62/h1-40H/i10D,15D,24D,29D. The van der Waals surface area contributed by atoms with E-state index in [0.29, 0.717) is 22.2 Å². The summed E-state index contributed by atoms with van der Waals surface area (Å²) in [5.41, 5.74) is 8.67. The molecule has 0 aliphatic heterocycles. The highest BCUT2D eigenvalue weighted by atomic mass is 28.3. The van der Waals surface area contributed by atoms with Crippen LogP contribution < -0.4 is 20.7 Å². The lowest BCUT2D eigenvalue weighted by Crippen LogP contribution is -2.74. The van der Waals surface area contributed by atoms with Crippen LogP contribution in [0.5, 0.6) is 0 Å². The highest BCUT2D eigenvalue weighted by Crippen LogP contribution is 2.45. The molecule has 3 aromatic heterocycles. The van der Waals surface area contributed by atoms with Gasteiger partial charge < -0.3 is 13.6 Å². The molecule has 13 aromatic rings. The van der Waals surface area contributed by atoms with Crippen LogP contribution in [-0.2, 0) is 0 Å². The maximum Gasteiger partial charge on any atom is 0.179 e. The van der Waals surface area contributed by atoms with Crippen molar-refractivity contribution in [1.82, 2.24) is 9.13 Å². The third kappa shape index (κ3) is 5.33. The molecule has 13 rings (SSSR count). The van der Waals surface area contributed by atoms with E-state index in [9.17, 15) is 1.37 Å². The maximum absolute atomic E-state index is 9.30. The largest absolute Gasteiger partial charge is 0.454 e. The van der Waals surface area contributed by atoms with E-state index >= 15 is 0 Å². The van der Waals surface area contributed by atoms with E-state index in [2.05, 4.69) is 180 Å². The fraction of sp³-hybridized carbons (Fsp3) is 0. The molecule has 0 saturated heterocycles. The minimum absolute atomic E-state index is 0.0614. The second kappa shape index (κ2) is 14.5. The van der Waals surface area contributed by atoms with Crippen molar-refractivity contribution in [3.05, 3.63) is 243 Å². The van der Waals surface area contributed by atoms with Crippen LogP contribution in [0.25, 0.3) is 88.1 Å². The van der Waals surface area contributed by atoms with Crippen molar-refractivity contribution < 1.29 is 9.90 Å². The summed E-state index contributed by atoms with van der Waals surface area (Å²) < 4.78 is 47.1. The normalized spacial score (nSPS) is 12.9. The molecule has 0 fully saturated rings. The Labute approximate surface area is 376 Å². The Morgan fingerprint density at radius 3 is 1.56 bits per heavy atom. The highest BCUT2D eigenvalue weighted by Gasteiger charge is 2.41. The van der Waals surface area contributed by atoms with E-state index in [4.69, 9.17) is 8.53 Å². The quantitative estimate of drug-likeness (QED) is 0.116. The number of nitrogens with zero attached hydrogens (tertiary/aromatic N) is 2. The Morgan fingerprint density at radius 1 is 0.391 bits per heavy atom. The van der Waals surface area contributed by atoms with E-state index < -0.39 is 8.07 Å². The lowest BCUT2D eigenvalue weighted by Gasteiger charge is -2.34. The van der Waals surface area contributed by atoms with Crippen molar-refractivity contribution in [3.63, 3.8) is 0 Å². The average Bonchev–Trinajstić information content (AvgIpc) is 4.07. The number of aromatic nitrogens is 2. The lowest BCUT2D eigenvalue weighted by molar-refractivity contribution is 0.666. The third-order valence-corrected chi connectivity index (χ3v) is 18.0. The van der Waals surface area contributed by atoms with Crippen LogP contribution in [0.1, 0.15) is 5.48 Å². The zero-order chi connectivity index (χ0) is 45.7. The molecule has 0 amide bonds. The molecule has 0 spiro atoms.